The van der Waals surface area contributed by atoms with Crippen LogP contribution in [0.25, 0.3) is 0 Å². The zero-order chi connectivity index (χ0) is 15.5. The summed E-state index contributed by atoms with van der Waals surface area (Å²) in [6.45, 7) is 2.14. The summed E-state index contributed by atoms with van der Waals surface area (Å²) >= 11 is 0. The summed E-state index contributed by atoms with van der Waals surface area (Å²) in [5.41, 5.74) is 12.5. The Morgan fingerprint density at radius 3 is 2.48 bits per heavy atom. The average Bonchev–Trinajstić information content (AvgIpc) is 2.49. The lowest BCUT2D eigenvalue weighted by Gasteiger charge is -2.34. The lowest BCUT2D eigenvalue weighted by atomic mass is 9.73. The van der Waals surface area contributed by atoms with Crippen LogP contribution in [-0.4, -0.2) is 18.4 Å². The van der Waals surface area contributed by atoms with Gasteiger partial charge in [0.05, 0.1) is 5.41 Å². The van der Waals surface area contributed by atoms with Crippen LogP contribution in [0.1, 0.15) is 48.0 Å². The van der Waals surface area contributed by atoms with Gasteiger partial charge in [-0.05, 0) is 37.5 Å². The fourth-order valence-corrected chi connectivity index (χ4v) is 3.05. The first kappa shape index (κ1) is 15.5. The van der Waals surface area contributed by atoms with E-state index in [0.717, 1.165) is 32.1 Å². The van der Waals surface area contributed by atoms with Crippen molar-refractivity contribution < 1.29 is 9.59 Å². The number of anilines is 1. The highest BCUT2D eigenvalue weighted by atomic mass is 16.2. The molecule has 21 heavy (non-hydrogen) atoms. The molecule has 0 aromatic heterocycles. The van der Waals surface area contributed by atoms with Crippen LogP contribution in [-0.2, 0) is 4.79 Å². The molecular formula is C16H23N3O2. The molecule has 2 amide bonds. The molecule has 0 bridgehead atoms. The Labute approximate surface area is 125 Å². The minimum Gasteiger partial charge on any atom is -0.366 e. The molecule has 5 heteroatoms. The smallest absolute Gasteiger partial charge is 0.249 e. The summed E-state index contributed by atoms with van der Waals surface area (Å²) in [7, 11) is 0. The molecule has 0 spiro atoms. The number of hydrogen-bond acceptors (Lipinski definition) is 3. The molecular weight excluding hydrogens is 266 g/mol. The molecule has 114 valence electrons. The van der Waals surface area contributed by atoms with E-state index in [1.807, 2.05) is 0 Å². The van der Waals surface area contributed by atoms with Gasteiger partial charge in [-0.25, -0.2) is 0 Å². The Morgan fingerprint density at radius 1 is 1.24 bits per heavy atom. The average molecular weight is 289 g/mol. The van der Waals surface area contributed by atoms with Crippen molar-refractivity contribution in [3.63, 3.8) is 0 Å². The Balaban J connectivity index is 2.23. The van der Waals surface area contributed by atoms with E-state index in [2.05, 4.69) is 5.32 Å². The van der Waals surface area contributed by atoms with Crippen LogP contribution >= 0.6 is 0 Å². The Hall–Kier alpha value is -1.88. The summed E-state index contributed by atoms with van der Waals surface area (Å²) in [5.74, 6) is -0.538. The zero-order valence-corrected chi connectivity index (χ0v) is 12.4. The van der Waals surface area contributed by atoms with E-state index in [1.165, 1.54) is 0 Å². The molecule has 1 aromatic carbocycles. The van der Waals surface area contributed by atoms with Gasteiger partial charge in [0.2, 0.25) is 11.8 Å². The molecule has 0 atom stereocenters. The van der Waals surface area contributed by atoms with Crippen molar-refractivity contribution in [1.29, 1.82) is 0 Å². The molecule has 1 saturated carbocycles. The minimum absolute atomic E-state index is 0.0468. The highest BCUT2D eigenvalue weighted by Crippen LogP contribution is 2.36. The number of nitrogens with two attached hydrogens (primary N) is 2. The number of carbonyl (C=O) groups is 2. The summed E-state index contributed by atoms with van der Waals surface area (Å²) in [4.78, 5) is 24.0. The Kier molecular flexibility index (Phi) is 4.63. The van der Waals surface area contributed by atoms with E-state index in [1.54, 1.807) is 25.1 Å². The van der Waals surface area contributed by atoms with Crippen molar-refractivity contribution >= 4 is 17.5 Å². The summed E-state index contributed by atoms with van der Waals surface area (Å²) in [6, 6.07) is 5.16. The van der Waals surface area contributed by atoms with Gasteiger partial charge in [0.25, 0.3) is 0 Å². The number of amides is 2. The molecule has 2 rings (SSSR count). The fraction of sp³-hybridized carbons (Fsp3) is 0.500. The molecule has 1 fully saturated rings. The molecule has 5 nitrogen and oxygen atoms in total. The van der Waals surface area contributed by atoms with Crippen LogP contribution in [0, 0.1) is 12.3 Å². The largest absolute Gasteiger partial charge is 0.366 e. The lowest BCUT2D eigenvalue weighted by Crippen LogP contribution is -2.44. The van der Waals surface area contributed by atoms with Crippen LogP contribution in [0.5, 0.6) is 0 Å². The van der Waals surface area contributed by atoms with Crippen molar-refractivity contribution in [3.8, 4) is 0 Å². The van der Waals surface area contributed by atoms with Crippen molar-refractivity contribution in [2.75, 3.05) is 11.9 Å². The number of carbonyl (C=O) groups excluding carboxylic acids is 2. The van der Waals surface area contributed by atoms with E-state index in [4.69, 9.17) is 11.5 Å². The number of nitrogens with one attached hydrogen (secondary N) is 1. The summed E-state index contributed by atoms with van der Waals surface area (Å²) in [6.07, 6.45) is 4.87. The van der Waals surface area contributed by atoms with E-state index >= 15 is 0 Å². The number of hydrogen-bond donors (Lipinski definition) is 3. The molecule has 1 aliphatic rings. The molecule has 5 N–H and O–H groups in total. The van der Waals surface area contributed by atoms with E-state index in [-0.39, 0.29) is 5.91 Å². The van der Waals surface area contributed by atoms with Crippen LogP contribution in [0.4, 0.5) is 5.69 Å². The molecule has 0 aliphatic heterocycles. The first-order chi connectivity index (χ1) is 10.00. The molecule has 0 heterocycles. The van der Waals surface area contributed by atoms with Crippen molar-refractivity contribution in [2.45, 2.75) is 39.0 Å². The third kappa shape index (κ3) is 3.08. The zero-order valence-electron chi connectivity index (χ0n) is 12.4. The number of benzene rings is 1. The van der Waals surface area contributed by atoms with Crippen molar-refractivity contribution in [1.82, 2.24) is 0 Å². The van der Waals surface area contributed by atoms with Gasteiger partial charge in [-0.1, -0.05) is 25.3 Å². The normalized spacial score (nSPS) is 17.2. The Morgan fingerprint density at radius 2 is 1.90 bits per heavy atom. The first-order valence-electron chi connectivity index (χ1n) is 7.41. The Bertz CT molecular complexity index is 548. The standard InChI is InChI=1S/C16H23N3O2/c1-11-12(14(18)20)6-5-7-13(11)19-15(21)16(10-17)8-3-2-4-9-16/h5-7H,2-4,8-10,17H2,1H3,(H2,18,20)(H,19,21). The SMILES string of the molecule is Cc1c(NC(=O)C2(CN)CCCCC2)cccc1C(N)=O. The van der Waals surface area contributed by atoms with Crippen LogP contribution in [0.3, 0.4) is 0 Å². The summed E-state index contributed by atoms with van der Waals surface area (Å²) in [5, 5.41) is 2.94. The quantitative estimate of drug-likeness (QED) is 0.790. The van der Waals surface area contributed by atoms with Crippen LogP contribution < -0.4 is 16.8 Å². The van der Waals surface area contributed by atoms with E-state index in [0.29, 0.717) is 23.4 Å². The highest BCUT2D eigenvalue weighted by molar-refractivity contribution is 6.00. The van der Waals surface area contributed by atoms with Gasteiger partial charge >= 0.3 is 0 Å². The second kappa shape index (κ2) is 6.26. The monoisotopic (exact) mass is 289 g/mol. The third-order valence-corrected chi connectivity index (χ3v) is 4.53. The second-order valence-electron chi connectivity index (χ2n) is 5.84. The topological polar surface area (TPSA) is 98.2 Å². The maximum Gasteiger partial charge on any atom is 0.249 e. The van der Waals surface area contributed by atoms with E-state index in [9.17, 15) is 9.59 Å². The predicted molar refractivity (Wildman–Crippen MR) is 82.9 cm³/mol. The lowest BCUT2D eigenvalue weighted by molar-refractivity contribution is -0.126. The number of primary amides is 1. The van der Waals surface area contributed by atoms with Gasteiger partial charge in [-0.2, -0.15) is 0 Å². The third-order valence-electron chi connectivity index (χ3n) is 4.53. The summed E-state index contributed by atoms with van der Waals surface area (Å²) < 4.78 is 0. The van der Waals surface area contributed by atoms with Gasteiger partial charge in [0.15, 0.2) is 0 Å². The highest BCUT2D eigenvalue weighted by Gasteiger charge is 2.38. The van der Waals surface area contributed by atoms with Gasteiger partial charge in [0, 0.05) is 17.8 Å². The van der Waals surface area contributed by atoms with Crippen LogP contribution in [0.15, 0.2) is 18.2 Å². The molecule has 0 radical (unpaired) electrons. The molecule has 1 aromatic rings. The minimum atomic E-state index is -0.491. The van der Waals surface area contributed by atoms with Crippen LogP contribution in [0.2, 0.25) is 0 Å². The van der Waals surface area contributed by atoms with Gasteiger partial charge in [0.1, 0.15) is 0 Å². The number of rotatable bonds is 4. The van der Waals surface area contributed by atoms with Gasteiger partial charge < -0.3 is 16.8 Å². The van der Waals surface area contributed by atoms with E-state index < -0.39 is 11.3 Å². The predicted octanol–water partition coefficient (Wildman–Crippen LogP) is 1.94. The first-order valence-corrected chi connectivity index (χ1v) is 7.41. The van der Waals surface area contributed by atoms with Crippen molar-refractivity contribution in [3.05, 3.63) is 29.3 Å². The van der Waals surface area contributed by atoms with Gasteiger partial charge in [-0.3, -0.25) is 9.59 Å². The fourth-order valence-electron chi connectivity index (χ4n) is 3.05. The maximum atomic E-state index is 12.6. The molecule has 1 aliphatic carbocycles. The second-order valence-corrected chi connectivity index (χ2v) is 5.84. The molecule has 0 unspecified atom stereocenters. The maximum absolute atomic E-state index is 12.6. The van der Waals surface area contributed by atoms with Crippen molar-refractivity contribution in [2.24, 2.45) is 16.9 Å². The molecule has 0 saturated heterocycles. The van der Waals surface area contributed by atoms with Gasteiger partial charge in [-0.15, -0.1) is 0 Å².